The van der Waals surface area contributed by atoms with E-state index in [1.807, 2.05) is 6.07 Å². The third-order valence-electron chi connectivity index (χ3n) is 10.0. The molecule has 2 aromatic rings. The highest BCUT2D eigenvalue weighted by Crippen LogP contribution is 2.49. The number of alkyl halides is 1. The number of hydrogen-bond acceptors (Lipinski definition) is 9. The van der Waals surface area contributed by atoms with Gasteiger partial charge in [-0.15, -0.1) is 0 Å². The highest BCUT2D eigenvalue weighted by molar-refractivity contribution is 5.65. The van der Waals surface area contributed by atoms with E-state index in [9.17, 15) is 9.65 Å². The molecule has 41 heavy (non-hydrogen) atoms. The van der Waals surface area contributed by atoms with Gasteiger partial charge in [-0.25, -0.2) is 4.39 Å². The molecule has 10 heteroatoms. The number of ether oxygens (including phenoxy) is 3. The Morgan fingerprint density at radius 1 is 1.17 bits per heavy atom. The van der Waals surface area contributed by atoms with Gasteiger partial charge in [0.1, 0.15) is 30.3 Å². The van der Waals surface area contributed by atoms with Gasteiger partial charge in [0.15, 0.2) is 0 Å². The molecule has 7 rings (SSSR count). The van der Waals surface area contributed by atoms with Gasteiger partial charge in [-0.3, -0.25) is 4.90 Å². The van der Waals surface area contributed by atoms with Crippen molar-refractivity contribution in [2.45, 2.75) is 82.2 Å². The first kappa shape index (κ1) is 26.9. The molecule has 1 spiro atoms. The average molecular weight is 563 g/mol. The molecule has 0 saturated carbocycles. The summed E-state index contributed by atoms with van der Waals surface area (Å²) in [6.07, 6.45) is 5.76. The quantitative estimate of drug-likeness (QED) is 0.558. The first-order chi connectivity index (χ1) is 19.9. The number of nitrogens with zero attached hydrogens (tertiary/aromatic N) is 5. The summed E-state index contributed by atoms with van der Waals surface area (Å²) in [6.45, 7) is 7.11. The normalized spacial score (nSPS) is 29.5. The van der Waals surface area contributed by atoms with Crippen molar-refractivity contribution in [1.82, 2.24) is 14.9 Å². The van der Waals surface area contributed by atoms with Crippen molar-refractivity contribution in [2.24, 2.45) is 0 Å². The minimum Gasteiger partial charge on any atom is -0.461 e. The molecule has 5 heterocycles. The van der Waals surface area contributed by atoms with Crippen LogP contribution in [0.25, 0.3) is 0 Å². The molecule has 3 fully saturated rings. The molecule has 3 saturated heterocycles. The maximum Gasteiger partial charge on any atom is 0.318 e. The van der Waals surface area contributed by atoms with Gasteiger partial charge in [0, 0.05) is 50.2 Å². The average Bonchev–Trinajstić information content (AvgIpc) is 3.34. The fraction of sp³-hybridized carbons (Fsp3) is 0.645. The lowest BCUT2D eigenvalue weighted by Crippen LogP contribution is -2.44. The highest BCUT2D eigenvalue weighted by atomic mass is 19.1. The fourth-order valence-corrected chi connectivity index (χ4v) is 8.08. The number of nitrogens with two attached hydrogens (primary N) is 1. The Labute approximate surface area is 240 Å². The standard InChI is InChI=1S/C31H39FN6O3/c1-20-13-25(34)23(16-33)27-22(20)5-2-7-31(27)15-26-24(18-41-31)28(37-8-4-11-39-12-10-37)36-29(35-26)40-19-30-6-3-9-38(30)17-21(32)14-30/h13,21H,2-12,14-15,17-19,34H2,1H3/t21-,30+,31?/m1/s1. The highest BCUT2D eigenvalue weighted by Gasteiger charge is 2.50. The maximum absolute atomic E-state index is 14.4. The molecule has 1 unspecified atom stereocenters. The monoisotopic (exact) mass is 562 g/mol. The molecule has 9 nitrogen and oxygen atoms in total. The van der Waals surface area contributed by atoms with Gasteiger partial charge in [-0.2, -0.15) is 15.2 Å². The second-order valence-electron chi connectivity index (χ2n) is 12.5. The first-order valence-corrected chi connectivity index (χ1v) is 15.1. The van der Waals surface area contributed by atoms with Crippen LogP contribution >= 0.6 is 0 Å². The zero-order chi connectivity index (χ0) is 28.2. The van der Waals surface area contributed by atoms with Gasteiger partial charge in [-0.05, 0) is 69.2 Å². The summed E-state index contributed by atoms with van der Waals surface area (Å²) >= 11 is 0. The van der Waals surface area contributed by atoms with Gasteiger partial charge in [0.25, 0.3) is 0 Å². The zero-order valence-corrected chi connectivity index (χ0v) is 23.9. The third-order valence-corrected chi connectivity index (χ3v) is 10.0. The molecular formula is C31H39FN6O3. The van der Waals surface area contributed by atoms with E-state index in [1.165, 1.54) is 5.56 Å². The number of benzene rings is 1. The molecule has 1 aromatic heterocycles. The van der Waals surface area contributed by atoms with Crippen LogP contribution in [0.4, 0.5) is 15.9 Å². The minimum absolute atomic E-state index is 0.279. The SMILES string of the molecule is Cc1cc(N)c(C#N)c2c1CCCC21Cc2nc(OC[C@@]34CCCN3C[C@H](F)C4)nc(N3CCCOCC3)c2CO1. The largest absolute Gasteiger partial charge is 0.461 e. The van der Waals surface area contributed by atoms with E-state index in [0.717, 1.165) is 93.0 Å². The van der Waals surface area contributed by atoms with Crippen molar-refractivity contribution in [2.75, 3.05) is 56.6 Å². The Kier molecular flexibility index (Phi) is 6.80. The molecule has 2 N–H and O–H groups in total. The molecule has 4 aliphatic heterocycles. The molecule has 0 radical (unpaired) electrons. The van der Waals surface area contributed by atoms with Crippen LogP contribution in [-0.4, -0.2) is 72.6 Å². The van der Waals surface area contributed by atoms with E-state index in [1.54, 1.807) is 0 Å². The number of nitriles is 1. The zero-order valence-electron chi connectivity index (χ0n) is 23.9. The van der Waals surface area contributed by atoms with E-state index in [-0.39, 0.29) is 5.54 Å². The Morgan fingerprint density at radius 3 is 2.95 bits per heavy atom. The first-order valence-electron chi connectivity index (χ1n) is 15.1. The number of halogens is 1. The predicted octanol–water partition coefficient (Wildman–Crippen LogP) is 3.73. The second kappa shape index (κ2) is 10.4. The van der Waals surface area contributed by atoms with Crippen LogP contribution in [0.2, 0.25) is 0 Å². The lowest BCUT2D eigenvalue weighted by atomic mass is 9.71. The van der Waals surface area contributed by atoms with Gasteiger partial charge in [-0.1, -0.05) is 0 Å². The van der Waals surface area contributed by atoms with E-state index >= 15 is 0 Å². The number of hydrogen-bond donors (Lipinski definition) is 1. The Bertz CT molecular complexity index is 1390. The molecule has 1 aliphatic carbocycles. The van der Waals surface area contributed by atoms with E-state index in [4.69, 9.17) is 29.9 Å². The molecule has 3 atom stereocenters. The second-order valence-corrected chi connectivity index (χ2v) is 12.5. The van der Waals surface area contributed by atoms with Crippen molar-refractivity contribution < 1.29 is 18.6 Å². The van der Waals surface area contributed by atoms with Crippen molar-refractivity contribution in [3.8, 4) is 12.1 Å². The maximum atomic E-state index is 14.4. The summed E-state index contributed by atoms with van der Waals surface area (Å²) in [7, 11) is 0. The van der Waals surface area contributed by atoms with Crippen LogP contribution in [0, 0.1) is 18.3 Å². The van der Waals surface area contributed by atoms with E-state index < -0.39 is 11.8 Å². The molecule has 0 bridgehead atoms. The van der Waals surface area contributed by atoms with Gasteiger partial charge in [0.05, 0.1) is 35.7 Å². The van der Waals surface area contributed by atoms with Crippen LogP contribution in [0.5, 0.6) is 6.01 Å². The number of anilines is 2. The smallest absolute Gasteiger partial charge is 0.318 e. The van der Waals surface area contributed by atoms with E-state index in [0.29, 0.717) is 56.5 Å². The van der Waals surface area contributed by atoms with E-state index in [2.05, 4.69) is 22.8 Å². The summed E-state index contributed by atoms with van der Waals surface area (Å²) < 4.78 is 33.4. The third kappa shape index (κ3) is 4.53. The number of aryl methyl sites for hydroxylation is 1. The Morgan fingerprint density at radius 2 is 2.07 bits per heavy atom. The summed E-state index contributed by atoms with van der Waals surface area (Å²) in [4.78, 5) is 14.5. The van der Waals surface area contributed by atoms with Crippen molar-refractivity contribution in [1.29, 1.82) is 5.26 Å². The lowest BCUT2D eigenvalue weighted by molar-refractivity contribution is -0.0857. The predicted molar refractivity (Wildman–Crippen MR) is 152 cm³/mol. The van der Waals surface area contributed by atoms with Crippen molar-refractivity contribution in [3.63, 3.8) is 0 Å². The summed E-state index contributed by atoms with van der Waals surface area (Å²) in [5, 5.41) is 10.1. The van der Waals surface area contributed by atoms with Gasteiger partial charge < -0.3 is 24.8 Å². The number of aromatic nitrogens is 2. The summed E-state index contributed by atoms with van der Waals surface area (Å²) in [5.41, 5.74) is 11.5. The molecule has 0 amide bonds. The lowest BCUT2D eigenvalue weighted by Gasteiger charge is -2.44. The van der Waals surface area contributed by atoms with Crippen LogP contribution in [0.1, 0.15) is 72.0 Å². The van der Waals surface area contributed by atoms with Crippen molar-refractivity contribution >= 4 is 11.5 Å². The molecule has 218 valence electrons. The van der Waals surface area contributed by atoms with Crippen LogP contribution in [0.3, 0.4) is 0 Å². The molecule has 5 aliphatic rings. The van der Waals surface area contributed by atoms with Gasteiger partial charge in [0.2, 0.25) is 0 Å². The summed E-state index contributed by atoms with van der Waals surface area (Å²) in [6, 6.07) is 4.64. The van der Waals surface area contributed by atoms with Crippen LogP contribution in [-0.2, 0) is 34.5 Å². The minimum atomic E-state index is -0.815. The number of nitrogen functional groups attached to an aromatic ring is 1. The Balaban J connectivity index is 1.28. The summed E-state index contributed by atoms with van der Waals surface area (Å²) in [5.74, 6) is 0.834. The van der Waals surface area contributed by atoms with Crippen molar-refractivity contribution in [3.05, 3.63) is 39.6 Å². The Hall–Kier alpha value is -3.00. The number of rotatable bonds is 4. The topological polar surface area (TPSA) is 110 Å². The molecule has 1 aromatic carbocycles. The number of fused-ring (bicyclic) bond motifs is 4. The van der Waals surface area contributed by atoms with Crippen LogP contribution < -0.4 is 15.4 Å². The molecular weight excluding hydrogens is 523 g/mol. The van der Waals surface area contributed by atoms with Crippen LogP contribution in [0.15, 0.2) is 6.07 Å². The van der Waals surface area contributed by atoms with Gasteiger partial charge >= 0.3 is 6.01 Å². The fourth-order valence-electron chi connectivity index (χ4n) is 8.08.